The van der Waals surface area contributed by atoms with Crippen LogP contribution in [0.3, 0.4) is 0 Å². The molecule has 1 aromatic carbocycles. The highest BCUT2D eigenvalue weighted by Crippen LogP contribution is 2.18. The highest BCUT2D eigenvalue weighted by atomic mass is 16.4. The number of pyridine rings is 1. The first-order valence-electron chi connectivity index (χ1n) is 6.93. The van der Waals surface area contributed by atoms with Gasteiger partial charge in [-0.05, 0) is 30.5 Å². The third-order valence-electron chi connectivity index (χ3n) is 3.50. The lowest BCUT2D eigenvalue weighted by atomic mass is 10.0. The van der Waals surface area contributed by atoms with Gasteiger partial charge < -0.3 is 9.67 Å². The normalized spacial score (nSPS) is 10.9. The highest BCUT2D eigenvalue weighted by molar-refractivity contribution is 5.70. The number of carboxylic acid groups (broad SMARTS) is 1. The summed E-state index contributed by atoms with van der Waals surface area (Å²) in [5.74, 6) is -0.547. The van der Waals surface area contributed by atoms with E-state index < -0.39 is 5.97 Å². The number of aliphatic carboxylic acids is 1. The van der Waals surface area contributed by atoms with Crippen molar-refractivity contribution in [3.8, 4) is 5.69 Å². The number of hydrogen-bond donors (Lipinski definition) is 1. The molecule has 21 heavy (non-hydrogen) atoms. The van der Waals surface area contributed by atoms with E-state index in [0.717, 1.165) is 11.4 Å². The van der Waals surface area contributed by atoms with E-state index in [-0.39, 0.29) is 11.8 Å². The lowest BCUT2D eigenvalue weighted by Crippen LogP contribution is -2.17. The Hall–Kier alpha value is -2.36. The van der Waals surface area contributed by atoms with Crippen molar-refractivity contribution in [2.75, 3.05) is 0 Å². The Morgan fingerprint density at radius 2 is 1.86 bits per heavy atom. The van der Waals surface area contributed by atoms with Crippen molar-refractivity contribution in [3.63, 3.8) is 0 Å². The van der Waals surface area contributed by atoms with E-state index in [2.05, 4.69) is 26.0 Å². The fraction of sp³-hybridized carbons (Fsp3) is 0.294. The van der Waals surface area contributed by atoms with Crippen LogP contribution in [0.4, 0.5) is 0 Å². The van der Waals surface area contributed by atoms with Crippen LogP contribution >= 0.6 is 0 Å². The molecule has 1 heterocycles. The standard InChI is InChI=1S/C17H19NO3/c1-11(2)13-4-6-15(7-5-13)18-10-14(9-17(20)21)16(19)8-12(18)3/h4-8,10-11H,9H2,1-3H3,(H,20,21). The first-order valence-corrected chi connectivity index (χ1v) is 6.93. The molecule has 0 aliphatic rings. The molecule has 4 nitrogen and oxygen atoms in total. The minimum absolute atomic E-state index is 0.232. The fourth-order valence-electron chi connectivity index (χ4n) is 2.27. The maximum Gasteiger partial charge on any atom is 0.308 e. The summed E-state index contributed by atoms with van der Waals surface area (Å²) >= 11 is 0. The summed E-state index contributed by atoms with van der Waals surface area (Å²) in [5.41, 5.74) is 3.00. The molecule has 0 unspecified atom stereocenters. The first kappa shape index (κ1) is 15.0. The predicted molar refractivity (Wildman–Crippen MR) is 82.2 cm³/mol. The molecule has 0 radical (unpaired) electrons. The molecule has 0 saturated carbocycles. The van der Waals surface area contributed by atoms with Crippen molar-refractivity contribution < 1.29 is 9.90 Å². The molecule has 2 aromatic rings. The number of nitrogens with zero attached hydrogens (tertiary/aromatic N) is 1. The van der Waals surface area contributed by atoms with Crippen LogP contribution in [-0.4, -0.2) is 15.6 Å². The van der Waals surface area contributed by atoms with Gasteiger partial charge in [-0.1, -0.05) is 26.0 Å². The maximum atomic E-state index is 11.8. The van der Waals surface area contributed by atoms with Gasteiger partial charge in [0, 0.05) is 29.2 Å². The second-order valence-electron chi connectivity index (χ2n) is 5.49. The third-order valence-corrected chi connectivity index (χ3v) is 3.50. The Kier molecular flexibility index (Phi) is 4.26. The summed E-state index contributed by atoms with van der Waals surface area (Å²) < 4.78 is 1.85. The number of aromatic nitrogens is 1. The van der Waals surface area contributed by atoms with Crippen molar-refractivity contribution in [1.82, 2.24) is 4.57 Å². The van der Waals surface area contributed by atoms with Gasteiger partial charge in [0.2, 0.25) is 0 Å². The van der Waals surface area contributed by atoms with Gasteiger partial charge in [-0.3, -0.25) is 9.59 Å². The Balaban J connectivity index is 2.47. The molecule has 0 aliphatic carbocycles. The van der Waals surface area contributed by atoms with Crippen LogP contribution in [0.25, 0.3) is 5.69 Å². The van der Waals surface area contributed by atoms with Gasteiger partial charge in [0.05, 0.1) is 6.42 Å². The average molecular weight is 285 g/mol. The molecular formula is C17H19NO3. The van der Waals surface area contributed by atoms with Gasteiger partial charge in [0.15, 0.2) is 5.43 Å². The van der Waals surface area contributed by atoms with Crippen LogP contribution < -0.4 is 5.43 Å². The van der Waals surface area contributed by atoms with Crippen molar-refractivity contribution >= 4 is 5.97 Å². The smallest absolute Gasteiger partial charge is 0.308 e. The number of benzene rings is 1. The zero-order valence-corrected chi connectivity index (χ0v) is 12.5. The van der Waals surface area contributed by atoms with E-state index in [4.69, 9.17) is 5.11 Å². The molecule has 2 rings (SSSR count). The minimum atomic E-state index is -1.00. The summed E-state index contributed by atoms with van der Waals surface area (Å²) in [4.78, 5) is 22.7. The van der Waals surface area contributed by atoms with E-state index in [1.807, 2.05) is 23.6 Å². The van der Waals surface area contributed by atoms with E-state index in [9.17, 15) is 9.59 Å². The molecule has 0 fully saturated rings. The Morgan fingerprint density at radius 3 is 2.38 bits per heavy atom. The summed E-state index contributed by atoms with van der Waals surface area (Å²) in [7, 11) is 0. The number of aryl methyl sites for hydroxylation is 1. The molecule has 1 N–H and O–H groups in total. The van der Waals surface area contributed by atoms with Gasteiger partial charge >= 0.3 is 5.97 Å². The Labute approximate surface area is 123 Å². The van der Waals surface area contributed by atoms with Gasteiger partial charge in [0.1, 0.15) is 0 Å². The highest BCUT2D eigenvalue weighted by Gasteiger charge is 2.09. The summed E-state index contributed by atoms with van der Waals surface area (Å²) in [5, 5.41) is 8.87. The fourth-order valence-corrected chi connectivity index (χ4v) is 2.27. The number of hydrogen-bond acceptors (Lipinski definition) is 2. The first-order chi connectivity index (χ1) is 9.88. The van der Waals surface area contributed by atoms with Crippen LogP contribution in [0, 0.1) is 6.92 Å². The number of carbonyl (C=O) groups is 1. The van der Waals surface area contributed by atoms with Crippen molar-refractivity contribution in [2.45, 2.75) is 33.1 Å². The van der Waals surface area contributed by atoms with Crippen LogP contribution in [0.15, 0.2) is 41.3 Å². The topological polar surface area (TPSA) is 59.3 Å². The van der Waals surface area contributed by atoms with Crippen molar-refractivity contribution in [2.24, 2.45) is 0 Å². The molecular weight excluding hydrogens is 266 g/mol. The number of carboxylic acids is 1. The van der Waals surface area contributed by atoms with Crippen LogP contribution in [0.1, 0.15) is 36.6 Å². The Bertz CT molecular complexity index is 712. The summed E-state index contributed by atoms with van der Waals surface area (Å²) in [6, 6.07) is 9.55. The minimum Gasteiger partial charge on any atom is -0.481 e. The van der Waals surface area contributed by atoms with E-state index in [0.29, 0.717) is 11.5 Å². The van der Waals surface area contributed by atoms with E-state index in [1.54, 1.807) is 6.20 Å². The molecule has 1 aromatic heterocycles. The molecule has 110 valence electrons. The number of rotatable bonds is 4. The maximum absolute atomic E-state index is 11.8. The summed E-state index contributed by atoms with van der Waals surface area (Å²) in [6.45, 7) is 6.09. The van der Waals surface area contributed by atoms with Gasteiger partial charge in [0.25, 0.3) is 0 Å². The molecule has 0 spiro atoms. The molecule has 0 aliphatic heterocycles. The molecule has 0 bridgehead atoms. The van der Waals surface area contributed by atoms with Crippen LogP contribution in [0.5, 0.6) is 0 Å². The molecule has 0 atom stereocenters. The molecule has 0 saturated heterocycles. The largest absolute Gasteiger partial charge is 0.481 e. The molecule has 0 amide bonds. The summed E-state index contributed by atoms with van der Waals surface area (Å²) in [6.07, 6.45) is 1.36. The van der Waals surface area contributed by atoms with Crippen LogP contribution in [0.2, 0.25) is 0 Å². The lowest BCUT2D eigenvalue weighted by Gasteiger charge is -2.13. The van der Waals surface area contributed by atoms with Gasteiger partial charge in [-0.2, -0.15) is 0 Å². The predicted octanol–water partition coefficient (Wildman–Crippen LogP) is 2.90. The second kappa shape index (κ2) is 5.95. The van der Waals surface area contributed by atoms with Crippen molar-refractivity contribution in [1.29, 1.82) is 0 Å². The zero-order chi connectivity index (χ0) is 15.6. The lowest BCUT2D eigenvalue weighted by molar-refractivity contribution is -0.136. The Morgan fingerprint density at radius 1 is 1.24 bits per heavy atom. The average Bonchev–Trinajstić information content (AvgIpc) is 2.41. The van der Waals surface area contributed by atoms with Crippen molar-refractivity contribution in [3.05, 3.63) is 63.6 Å². The molecule has 4 heteroatoms. The zero-order valence-electron chi connectivity index (χ0n) is 12.5. The third kappa shape index (κ3) is 3.40. The van der Waals surface area contributed by atoms with E-state index in [1.165, 1.54) is 11.6 Å². The monoisotopic (exact) mass is 285 g/mol. The van der Waals surface area contributed by atoms with Gasteiger partial charge in [-0.15, -0.1) is 0 Å². The quantitative estimate of drug-likeness (QED) is 0.939. The SMILES string of the molecule is Cc1cc(=O)c(CC(=O)O)cn1-c1ccc(C(C)C)cc1. The van der Waals surface area contributed by atoms with Crippen LogP contribution in [-0.2, 0) is 11.2 Å². The van der Waals surface area contributed by atoms with Gasteiger partial charge in [-0.25, -0.2) is 0 Å². The second-order valence-corrected chi connectivity index (χ2v) is 5.49. The van der Waals surface area contributed by atoms with E-state index >= 15 is 0 Å².